The minimum absolute atomic E-state index is 0.669. The monoisotopic (exact) mass is 510 g/mol. The first kappa shape index (κ1) is 25.9. The van der Waals surface area contributed by atoms with E-state index in [9.17, 15) is 0 Å². The Morgan fingerprint density at radius 3 is 1.49 bits per heavy atom. The fraction of sp³-hybridized carbons (Fsp3) is 0.143. The van der Waals surface area contributed by atoms with Crippen LogP contribution in [0, 0.1) is 0 Å². The third-order valence-electron chi connectivity index (χ3n) is 7.70. The van der Waals surface area contributed by atoms with E-state index in [1.165, 1.54) is 0 Å². The molecule has 1 aromatic heterocycles. The Labute approximate surface area is 231 Å². The second kappa shape index (κ2) is 9.25. The summed E-state index contributed by atoms with van der Waals surface area (Å²) in [6, 6.07) is 16.9. The smallest absolute Gasteiger partial charge is 0.0937 e. The molecule has 0 fully saturated rings. The molecule has 3 aromatic carbocycles. The van der Waals surface area contributed by atoms with Crippen molar-refractivity contribution < 1.29 is 0 Å². The quantitative estimate of drug-likeness (QED) is 0.226. The van der Waals surface area contributed by atoms with E-state index in [0.717, 1.165) is 78.2 Å². The first-order valence-electron chi connectivity index (χ1n) is 12.9. The second-order valence-electron chi connectivity index (χ2n) is 10.6. The first-order valence-corrected chi connectivity index (χ1v) is 12.9. The average Bonchev–Trinajstić information content (AvgIpc) is 3.19. The van der Waals surface area contributed by atoms with Crippen molar-refractivity contribution >= 4 is 33.7 Å². The molecule has 5 rings (SSSR count). The van der Waals surface area contributed by atoms with E-state index in [2.05, 4.69) is 68.8 Å². The number of allylic oxidation sites excluding steroid dienone is 4. The van der Waals surface area contributed by atoms with Gasteiger partial charge in [0.15, 0.2) is 0 Å². The zero-order valence-corrected chi connectivity index (χ0v) is 23.2. The molecule has 0 radical (unpaired) electrons. The molecule has 0 bridgehead atoms. The van der Waals surface area contributed by atoms with Crippen LogP contribution < -0.4 is 11.5 Å². The number of nitrogen functional groups attached to an aromatic ring is 2. The molecule has 0 aliphatic heterocycles. The number of nitrogens with two attached hydrogens (primary N) is 2. The van der Waals surface area contributed by atoms with Gasteiger partial charge >= 0.3 is 0 Å². The maximum absolute atomic E-state index is 6.68. The predicted molar refractivity (Wildman–Crippen MR) is 167 cm³/mol. The standard InChI is InChI=1S/C35H34N4/c1-19(2)26-15-23(16-27(20(3)4)31(26)36)35(24-17-28(21(5)6)32(37)29(18-24)22(7)8)30-12-10-9-11-25(30)33-34(35)39-14-13-38-33/h9-18H,1,3,5,7,36-37H2,2,4,6,8H3. The van der Waals surface area contributed by atoms with Crippen molar-refractivity contribution in [1.82, 2.24) is 9.97 Å². The summed E-state index contributed by atoms with van der Waals surface area (Å²) in [5, 5.41) is 0. The van der Waals surface area contributed by atoms with E-state index in [1.54, 1.807) is 12.4 Å². The van der Waals surface area contributed by atoms with Crippen LogP contribution in [-0.4, -0.2) is 9.97 Å². The van der Waals surface area contributed by atoms with Gasteiger partial charge in [0.05, 0.1) is 16.8 Å². The molecule has 0 amide bonds. The number of fused-ring (bicyclic) bond motifs is 3. The Morgan fingerprint density at radius 1 is 0.641 bits per heavy atom. The number of hydrogen-bond acceptors (Lipinski definition) is 4. The normalized spacial score (nSPS) is 12.9. The zero-order chi connectivity index (χ0) is 28.2. The van der Waals surface area contributed by atoms with Crippen molar-refractivity contribution in [3.8, 4) is 11.3 Å². The minimum atomic E-state index is -0.815. The molecule has 0 unspecified atom stereocenters. The lowest BCUT2D eigenvalue weighted by atomic mass is 9.67. The molecule has 4 aromatic rings. The Morgan fingerprint density at radius 2 is 1.05 bits per heavy atom. The third kappa shape index (κ3) is 3.75. The maximum atomic E-state index is 6.68. The molecule has 4 nitrogen and oxygen atoms in total. The van der Waals surface area contributed by atoms with Crippen LogP contribution in [0.1, 0.15) is 72.3 Å². The Bertz CT molecular complexity index is 1540. The summed E-state index contributed by atoms with van der Waals surface area (Å²) in [6.07, 6.45) is 3.50. The number of nitrogens with zero attached hydrogens (tertiary/aromatic N) is 2. The van der Waals surface area contributed by atoms with Gasteiger partial charge in [0.1, 0.15) is 0 Å². The topological polar surface area (TPSA) is 77.8 Å². The summed E-state index contributed by atoms with van der Waals surface area (Å²) >= 11 is 0. The maximum Gasteiger partial charge on any atom is 0.0937 e. The van der Waals surface area contributed by atoms with E-state index in [0.29, 0.717) is 11.4 Å². The second-order valence-corrected chi connectivity index (χ2v) is 10.6. The molecular formula is C35H34N4. The number of anilines is 2. The summed E-state index contributed by atoms with van der Waals surface area (Å²) < 4.78 is 0. The summed E-state index contributed by atoms with van der Waals surface area (Å²) in [6.45, 7) is 24.9. The molecule has 0 spiro atoms. The van der Waals surface area contributed by atoms with Gasteiger partial charge in [0.2, 0.25) is 0 Å². The van der Waals surface area contributed by atoms with Crippen molar-refractivity contribution in [3.05, 3.63) is 132 Å². The Hall–Kier alpha value is -4.70. The highest BCUT2D eigenvalue weighted by molar-refractivity contribution is 5.90. The molecule has 194 valence electrons. The fourth-order valence-corrected chi connectivity index (χ4v) is 5.86. The van der Waals surface area contributed by atoms with Gasteiger partial charge < -0.3 is 11.5 Å². The molecule has 1 aliphatic rings. The van der Waals surface area contributed by atoms with Crippen molar-refractivity contribution in [3.63, 3.8) is 0 Å². The Balaban J connectivity index is 2.06. The van der Waals surface area contributed by atoms with Crippen molar-refractivity contribution in [1.29, 1.82) is 0 Å². The highest BCUT2D eigenvalue weighted by Gasteiger charge is 2.49. The van der Waals surface area contributed by atoms with Gasteiger partial charge in [-0.15, -0.1) is 0 Å². The largest absolute Gasteiger partial charge is 0.398 e. The summed E-state index contributed by atoms with van der Waals surface area (Å²) in [5.41, 5.74) is 26.8. The van der Waals surface area contributed by atoms with Crippen LogP contribution in [0.15, 0.2) is 87.2 Å². The zero-order valence-electron chi connectivity index (χ0n) is 23.2. The summed E-state index contributed by atoms with van der Waals surface area (Å²) in [7, 11) is 0. The van der Waals surface area contributed by atoms with Crippen LogP contribution in [0.4, 0.5) is 11.4 Å². The number of benzene rings is 3. The van der Waals surface area contributed by atoms with Crippen molar-refractivity contribution in [2.75, 3.05) is 11.5 Å². The lowest BCUT2D eigenvalue weighted by Crippen LogP contribution is -2.31. The summed E-state index contributed by atoms with van der Waals surface area (Å²) in [5.74, 6) is 0. The lowest BCUT2D eigenvalue weighted by molar-refractivity contribution is 0.733. The third-order valence-corrected chi connectivity index (χ3v) is 7.70. The van der Waals surface area contributed by atoms with Gasteiger partial charge in [-0.2, -0.15) is 0 Å². The number of hydrogen-bond donors (Lipinski definition) is 2. The molecular weight excluding hydrogens is 476 g/mol. The molecule has 4 heteroatoms. The number of rotatable bonds is 6. The molecule has 0 saturated heterocycles. The van der Waals surface area contributed by atoms with Gasteiger partial charge in [-0.05, 0) is 90.9 Å². The lowest BCUT2D eigenvalue weighted by Gasteiger charge is -2.35. The molecule has 4 N–H and O–H groups in total. The molecule has 39 heavy (non-hydrogen) atoms. The molecule has 0 saturated carbocycles. The SMILES string of the molecule is C=C(C)c1cc(C2(c3cc(C(=C)C)c(N)c(C(=C)C)c3)c3ccccc3-c3nccnc32)cc(C(=C)C)c1N. The van der Waals surface area contributed by atoms with E-state index in [1.807, 2.05) is 33.8 Å². The fourth-order valence-electron chi connectivity index (χ4n) is 5.86. The van der Waals surface area contributed by atoms with Crippen LogP contribution in [-0.2, 0) is 5.41 Å². The van der Waals surface area contributed by atoms with E-state index < -0.39 is 5.41 Å². The van der Waals surface area contributed by atoms with Gasteiger partial charge in [-0.1, -0.05) is 50.6 Å². The van der Waals surface area contributed by atoms with Gasteiger partial charge in [0, 0.05) is 51.6 Å². The summed E-state index contributed by atoms with van der Waals surface area (Å²) in [4.78, 5) is 9.84. The minimum Gasteiger partial charge on any atom is -0.398 e. The first-order chi connectivity index (χ1) is 18.5. The Kier molecular flexibility index (Phi) is 6.15. The highest BCUT2D eigenvalue weighted by atomic mass is 14.8. The molecule has 0 atom stereocenters. The van der Waals surface area contributed by atoms with E-state index in [4.69, 9.17) is 21.4 Å². The van der Waals surface area contributed by atoms with Crippen LogP contribution in [0.25, 0.3) is 33.5 Å². The van der Waals surface area contributed by atoms with Gasteiger partial charge in [0.25, 0.3) is 0 Å². The van der Waals surface area contributed by atoms with Gasteiger partial charge in [-0.25, -0.2) is 0 Å². The van der Waals surface area contributed by atoms with Crippen LogP contribution in [0.5, 0.6) is 0 Å². The van der Waals surface area contributed by atoms with Crippen molar-refractivity contribution in [2.45, 2.75) is 33.1 Å². The van der Waals surface area contributed by atoms with Crippen molar-refractivity contribution in [2.24, 2.45) is 0 Å². The van der Waals surface area contributed by atoms with E-state index >= 15 is 0 Å². The van der Waals surface area contributed by atoms with E-state index in [-0.39, 0.29) is 0 Å². The predicted octanol–water partition coefficient (Wildman–Crippen LogP) is 8.14. The average molecular weight is 511 g/mol. The highest BCUT2D eigenvalue weighted by Crippen LogP contribution is 2.56. The van der Waals surface area contributed by atoms with Crippen LogP contribution in [0.3, 0.4) is 0 Å². The number of aromatic nitrogens is 2. The molecule has 1 aliphatic carbocycles. The van der Waals surface area contributed by atoms with Gasteiger partial charge in [-0.3, -0.25) is 9.97 Å². The van der Waals surface area contributed by atoms with Crippen LogP contribution >= 0.6 is 0 Å². The molecule has 1 heterocycles. The van der Waals surface area contributed by atoms with Crippen LogP contribution in [0.2, 0.25) is 0 Å².